The number of nitrogens with one attached hydrogen (secondary N) is 1. The summed E-state index contributed by atoms with van der Waals surface area (Å²) in [6.07, 6.45) is 6.69. The third-order valence-corrected chi connectivity index (χ3v) is 4.18. The molecule has 2 rings (SSSR count). The van der Waals surface area contributed by atoms with Gasteiger partial charge in [-0.25, -0.2) is 0 Å². The Labute approximate surface area is 128 Å². The molecule has 1 aliphatic rings. The van der Waals surface area contributed by atoms with E-state index in [1.165, 1.54) is 5.56 Å². The van der Waals surface area contributed by atoms with Gasteiger partial charge in [0.1, 0.15) is 0 Å². The average Bonchev–Trinajstić information content (AvgIpc) is 2.51. The Bertz CT molecular complexity index is 510. The normalized spacial score (nSPS) is 15.5. The molecule has 0 bridgehead atoms. The number of hydrogen-bond donors (Lipinski definition) is 1. The van der Waals surface area contributed by atoms with Crippen LogP contribution in [0.2, 0.25) is 0 Å². The van der Waals surface area contributed by atoms with Crippen LogP contribution in [0.3, 0.4) is 0 Å². The minimum Gasteiger partial charge on any atom is -0.382 e. The van der Waals surface area contributed by atoms with Gasteiger partial charge in [-0.1, -0.05) is 13.0 Å². The first-order valence-electron chi connectivity index (χ1n) is 8.00. The first-order valence-corrected chi connectivity index (χ1v) is 8.00. The molecule has 1 aliphatic heterocycles. The molecule has 1 aromatic carbocycles. The van der Waals surface area contributed by atoms with E-state index in [9.17, 15) is 4.79 Å². The Kier molecular flexibility index (Phi) is 5.43. The first-order chi connectivity index (χ1) is 10.2. The van der Waals surface area contributed by atoms with E-state index in [4.69, 9.17) is 0 Å². The van der Waals surface area contributed by atoms with Crippen LogP contribution in [-0.4, -0.2) is 18.5 Å². The van der Waals surface area contributed by atoms with Crippen molar-refractivity contribution >= 4 is 17.3 Å². The van der Waals surface area contributed by atoms with Crippen LogP contribution in [0.1, 0.15) is 45.1 Å². The summed E-state index contributed by atoms with van der Waals surface area (Å²) in [5.74, 6) is 0.239. The number of carbonyl (C=O) groups is 1. The Hall–Kier alpha value is -1.77. The van der Waals surface area contributed by atoms with Crippen molar-refractivity contribution < 1.29 is 4.79 Å². The zero-order valence-corrected chi connectivity index (χ0v) is 13.2. The number of aryl methyl sites for hydroxylation is 1. The number of nitrogens with zero attached hydrogens (tertiary/aromatic N) is 1. The fraction of sp³-hybridized carbons (Fsp3) is 0.500. The number of amides is 1. The standard InChI is InChI=1S/C18H26N2O/c1-4-7-8-15(5-2)19-16-10-11-17-14(13-16)9-12-18(21)20(17)6-3/h4,10-11,13,15,19H,1,5-9,12H2,2-3H3. The second-order valence-corrected chi connectivity index (χ2v) is 5.60. The summed E-state index contributed by atoms with van der Waals surface area (Å²) in [6.45, 7) is 8.77. The number of allylic oxidation sites excluding steroid dienone is 1. The van der Waals surface area contributed by atoms with Gasteiger partial charge in [-0.05, 0) is 56.4 Å². The minimum atomic E-state index is 0.239. The van der Waals surface area contributed by atoms with Crippen LogP contribution in [0.4, 0.5) is 11.4 Å². The fourth-order valence-electron chi connectivity index (χ4n) is 2.93. The molecule has 1 unspecified atom stereocenters. The van der Waals surface area contributed by atoms with Gasteiger partial charge in [0, 0.05) is 30.4 Å². The van der Waals surface area contributed by atoms with E-state index in [0.29, 0.717) is 12.5 Å². The van der Waals surface area contributed by atoms with Crippen molar-refractivity contribution in [2.45, 2.75) is 52.0 Å². The molecule has 1 atom stereocenters. The summed E-state index contributed by atoms with van der Waals surface area (Å²) in [4.78, 5) is 13.8. The lowest BCUT2D eigenvalue weighted by Gasteiger charge is -2.29. The van der Waals surface area contributed by atoms with Crippen molar-refractivity contribution in [1.29, 1.82) is 0 Å². The van der Waals surface area contributed by atoms with Crippen LogP contribution >= 0.6 is 0 Å². The lowest BCUT2D eigenvalue weighted by atomic mass is 10.00. The summed E-state index contributed by atoms with van der Waals surface area (Å²) in [5, 5.41) is 3.61. The summed E-state index contributed by atoms with van der Waals surface area (Å²) in [5.41, 5.74) is 3.52. The quantitative estimate of drug-likeness (QED) is 0.764. The first kappa shape index (κ1) is 15.6. The Morgan fingerprint density at radius 3 is 2.86 bits per heavy atom. The summed E-state index contributed by atoms with van der Waals surface area (Å²) >= 11 is 0. The van der Waals surface area contributed by atoms with Crippen LogP contribution in [0.15, 0.2) is 30.9 Å². The molecule has 0 fully saturated rings. The molecule has 0 saturated heterocycles. The predicted octanol–water partition coefficient (Wildman–Crippen LogP) is 4.14. The van der Waals surface area contributed by atoms with Crippen LogP contribution in [-0.2, 0) is 11.2 Å². The van der Waals surface area contributed by atoms with Gasteiger partial charge in [0.05, 0.1) is 0 Å². The molecular formula is C18H26N2O. The fourth-order valence-corrected chi connectivity index (χ4v) is 2.93. The van der Waals surface area contributed by atoms with Gasteiger partial charge in [0.15, 0.2) is 0 Å². The molecule has 1 aromatic rings. The Morgan fingerprint density at radius 1 is 1.38 bits per heavy atom. The van der Waals surface area contributed by atoms with E-state index in [1.54, 1.807) is 0 Å². The Balaban J connectivity index is 2.13. The second kappa shape index (κ2) is 7.30. The molecule has 0 radical (unpaired) electrons. The molecule has 0 aromatic heterocycles. The van der Waals surface area contributed by atoms with Crippen LogP contribution in [0, 0.1) is 0 Å². The van der Waals surface area contributed by atoms with Crippen molar-refractivity contribution in [2.75, 3.05) is 16.8 Å². The predicted molar refractivity (Wildman–Crippen MR) is 89.9 cm³/mol. The zero-order chi connectivity index (χ0) is 15.2. The molecule has 1 N–H and O–H groups in total. The molecule has 3 heteroatoms. The smallest absolute Gasteiger partial charge is 0.227 e. The van der Waals surface area contributed by atoms with E-state index in [2.05, 4.69) is 37.0 Å². The lowest BCUT2D eigenvalue weighted by Crippen LogP contribution is -2.34. The number of anilines is 2. The largest absolute Gasteiger partial charge is 0.382 e. The van der Waals surface area contributed by atoms with Crippen LogP contribution in [0.25, 0.3) is 0 Å². The molecule has 114 valence electrons. The van der Waals surface area contributed by atoms with E-state index >= 15 is 0 Å². The molecule has 0 aliphatic carbocycles. The van der Waals surface area contributed by atoms with Crippen molar-refractivity contribution in [3.05, 3.63) is 36.4 Å². The number of carbonyl (C=O) groups excluding carboxylic acids is 1. The molecule has 1 amide bonds. The van der Waals surface area contributed by atoms with E-state index in [1.807, 2.05) is 17.9 Å². The molecular weight excluding hydrogens is 260 g/mol. The van der Waals surface area contributed by atoms with Gasteiger partial charge in [0.25, 0.3) is 0 Å². The summed E-state index contributed by atoms with van der Waals surface area (Å²) < 4.78 is 0. The van der Waals surface area contributed by atoms with Crippen molar-refractivity contribution in [3.63, 3.8) is 0 Å². The van der Waals surface area contributed by atoms with Crippen molar-refractivity contribution in [1.82, 2.24) is 0 Å². The second-order valence-electron chi connectivity index (χ2n) is 5.60. The number of rotatable bonds is 7. The van der Waals surface area contributed by atoms with Gasteiger partial charge < -0.3 is 10.2 Å². The minimum absolute atomic E-state index is 0.239. The number of benzene rings is 1. The number of fused-ring (bicyclic) bond motifs is 1. The Morgan fingerprint density at radius 2 is 2.19 bits per heavy atom. The lowest BCUT2D eigenvalue weighted by molar-refractivity contribution is -0.118. The van der Waals surface area contributed by atoms with Gasteiger partial charge >= 0.3 is 0 Å². The average molecular weight is 286 g/mol. The monoisotopic (exact) mass is 286 g/mol. The number of hydrogen-bond acceptors (Lipinski definition) is 2. The maximum Gasteiger partial charge on any atom is 0.227 e. The van der Waals surface area contributed by atoms with Gasteiger partial charge in [0.2, 0.25) is 5.91 Å². The highest BCUT2D eigenvalue weighted by Crippen LogP contribution is 2.30. The SMILES string of the molecule is C=CCCC(CC)Nc1ccc2c(c1)CCC(=O)N2CC. The third-order valence-electron chi connectivity index (χ3n) is 4.18. The van der Waals surface area contributed by atoms with Gasteiger partial charge in [-0.3, -0.25) is 4.79 Å². The van der Waals surface area contributed by atoms with Crippen molar-refractivity contribution in [2.24, 2.45) is 0 Å². The molecule has 0 spiro atoms. The van der Waals surface area contributed by atoms with Gasteiger partial charge in [-0.2, -0.15) is 0 Å². The van der Waals surface area contributed by atoms with Crippen LogP contribution < -0.4 is 10.2 Å². The summed E-state index contributed by atoms with van der Waals surface area (Å²) in [6, 6.07) is 6.87. The maximum atomic E-state index is 11.9. The van der Waals surface area contributed by atoms with E-state index in [0.717, 1.165) is 43.6 Å². The maximum absolute atomic E-state index is 11.9. The van der Waals surface area contributed by atoms with E-state index < -0.39 is 0 Å². The third kappa shape index (κ3) is 3.66. The molecule has 1 heterocycles. The highest BCUT2D eigenvalue weighted by atomic mass is 16.2. The van der Waals surface area contributed by atoms with Crippen LogP contribution in [0.5, 0.6) is 0 Å². The molecule has 0 saturated carbocycles. The van der Waals surface area contributed by atoms with E-state index in [-0.39, 0.29) is 5.91 Å². The van der Waals surface area contributed by atoms with Crippen molar-refractivity contribution in [3.8, 4) is 0 Å². The highest BCUT2D eigenvalue weighted by molar-refractivity contribution is 5.96. The molecule has 21 heavy (non-hydrogen) atoms. The van der Waals surface area contributed by atoms with Gasteiger partial charge in [-0.15, -0.1) is 6.58 Å². The topological polar surface area (TPSA) is 32.3 Å². The highest BCUT2D eigenvalue weighted by Gasteiger charge is 2.22. The molecule has 3 nitrogen and oxygen atoms in total. The zero-order valence-electron chi connectivity index (χ0n) is 13.2. The summed E-state index contributed by atoms with van der Waals surface area (Å²) in [7, 11) is 0.